The lowest BCUT2D eigenvalue weighted by atomic mass is 10.1. The largest absolute Gasteiger partial charge is 0.473 e. The second-order valence-corrected chi connectivity index (χ2v) is 6.71. The molecule has 0 radical (unpaired) electrons. The van der Waals surface area contributed by atoms with Crippen LogP contribution >= 0.6 is 0 Å². The molecular formula is C20H17F3N4O3. The minimum absolute atomic E-state index is 0.0414. The van der Waals surface area contributed by atoms with Crippen LogP contribution in [0.5, 0.6) is 17.4 Å². The summed E-state index contributed by atoms with van der Waals surface area (Å²) in [7, 11) is 0. The van der Waals surface area contributed by atoms with E-state index in [2.05, 4.69) is 15.3 Å². The highest BCUT2D eigenvalue weighted by Gasteiger charge is 2.32. The summed E-state index contributed by atoms with van der Waals surface area (Å²) in [6.45, 7) is 3.19. The Hall–Kier alpha value is -3.56. The number of hydrogen-bond acceptors (Lipinski definition) is 6. The van der Waals surface area contributed by atoms with Gasteiger partial charge >= 0.3 is 11.9 Å². The van der Waals surface area contributed by atoms with E-state index in [9.17, 15) is 18.0 Å². The summed E-state index contributed by atoms with van der Waals surface area (Å²) >= 11 is 0. The molecule has 1 aliphatic rings. The van der Waals surface area contributed by atoms with Crippen LogP contribution in [0.25, 0.3) is 0 Å². The van der Waals surface area contributed by atoms with Crippen LogP contribution in [0.4, 0.5) is 19.0 Å². The summed E-state index contributed by atoms with van der Waals surface area (Å²) in [5.74, 6) is 1.34. The number of anilines is 1. The maximum Gasteiger partial charge on any atom is 0.433 e. The number of aryl methyl sites for hydroxylation is 1. The molecule has 1 N–H and O–H groups in total. The molecule has 0 bridgehead atoms. The Morgan fingerprint density at radius 1 is 1.20 bits per heavy atom. The second-order valence-electron chi connectivity index (χ2n) is 6.71. The minimum Gasteiger partial charge on any atom is -0.473 e. The lowest BCUT2D eigenvalue weighted by Crippen LogP contribution is -2.21. The second kappa shape index (κ2) is 7.69. The van der Waals surface area contributed by atoms with Gasteiger partial charge in [-0.25, -0.2) is 4.79 Å². The molecule has 7 nitrogen and oxygen atoms in total. The van der Waals surface area contributed by atoms with Crippen LogP contribution in [0.1, 0.15) is 16.8 Å². The molecular weight excluding hydrogens is 401 g/mol. The quantitative estimate of drug-likeness (QED) is 0.680. The molecule has 0 fully saturated rings. The molecule has 0 saturated carbocycles. The molecule has 0 aliphatic carbocycles. The van der Waals surface area contributed by atoms with Crippen molar-refractivity contribution < 1.29 is 22.6 Å². The minimum atomic E-state index is -4.54. The Morgan fingerprint density at radius 3 is 2.80 bits per heavy atom. The van der Waals surface area contributed by atoms with Crippen LogP contribution in [-0.4, -0.2) is 21.1 Å². The molecule has 0 unspecified atom stereocenters. The van der Waals surface area contributed by atoms with Gasteiger partial charge in [-0.15, -0.1) is 0 Å². The van der Waals surface area contributed by atoms with Gasteiger partial charge in [-0.2, -0.15) is 18.2 Å². The van der Waals surface area contributed by atoms with Crippen molar-refractivity contribution in [2.24, 2.45) is 0 Å². The lowest BCUT2D eigenvalue weighted by Gasteiger charge is -2.12. The van der Waals surface area contributed by atoms with E-state index in [0.717, 1.165) is 17.8 Å². The van der Waals surface area contributed by atoms with Gasteiger partial charge in [0.05, 0.1) is 0 Å². The van der Waals surface area contributed by atoms with Crippen molar-refractivity contribution in [1.82, 2.24) is 14.5 Å². The summed E-state index contributed by atoms with van der Waals surface area (Å²) in [6.07, 6.45) is -3.49. The molecule has 1 aliphatic heterocycles. The van der Waals surface area contributed by atoms with Crippen LogP contribution < -0.4 is 20.5 Å². The van der Waals surface area contributed by atoms with Crippen LogP contribution in [0.2, 0.25) is 0 Å². The monoisotopic (exact) mass is 418 g/mol. The fourth-order valence-corrected chi connectivity index (χ4v) is 3.05. The first kappa shape index (κ1) is 19.7. The predicted octanol–water partition coefficient (Wildman–Crippen LogP) is 3.76. The number of aromatic nitrogens is 3. The number of alkyl halides is 3. The van der Waals surface area contributed by atoms with Crippen molar-refractivity contribution in [3.05, 3.63) is 69.9 Å². The van der Waals surface area contributed by atoms with Gasteiger partial charge in [0.25, 0.3) is 0 Å². The molecule has 1 aromatic carbocycles. The molecule has 3 heterocycles. The first-order valence-corrected chi connectivity index (χ1v) is 9.09. The fraction of sp³-hybridized carbons (Fsp3) is 0.250. The van der Waals surface area contributed by atoms with Crippen molar-refractivity contribution in [1.29, 1.82) is 0 Å². The van der Waals surface area contributed by atoms with E-state index in [1.807, 2.05) is 0 Å². The Bertz CT molecular complexity index is 1140. The number of pyridine rings is 1. The zero-order chi connectivity index (χ0) is 21.3. The Kier molecular flexibility index (Phi) is 5.06. The van der Waals surface area contributed by atoms with Crippen molar-refractivity contribution in [3.8, 4) is 17.4 Å². The number of nitrogens with zero attached hydrogens (tertiary/aromatic N) is 3. The smallest absolute Gasteiger partial charge is 0.433 e. The summed E-state index contributed by atoms with van der Waals surface area (Å²) in [4.78, 5) is 19.2. The molecule has 3 aromatic rings. The first-order valence-electron chi connectivity index (χ1n) is 9.09. The van der Waals surface area contributed by atoms with E-state index in [0.29, 0.717) is 30.2 Å². The number of halogens is 3. The van der Waals surface area contributed by atoms with E-state index in [4.69, 9.17) is 9.47 Å². The maximum absolute atomic E-state index is 12.8. The first-order chi connectivity index (χ1) is 14.3. The number of rotatable bonds is 5. The SMILES string of the molecule is Cc1cc(COc2cc3n(c(=O)n2)CCN3)ccc1Oc1ccnc(C(F)(F)F)c1. The Morgan fingerprint density at radius 2 is 2.03 bits per heavy atom. The fourth-order valence-electron chi connectivity index (χ4n) is 3.05. The van der Waals surface area contributed by atoms with E-state index < -0.39 is 11.9 Å². The van der Waals surface area contributed by atoms with Gasteiger partial charge < -0.3 is 14.8 Å². The van der Waals surface area contributed by atoms with Gasteiger partial charge in [-0.3, -0.25) is 9.55 Å². The third kappa shape index (κ3) is 4.22. The normalized spacial score (nSPS) is 12.9. The molecule has 0 saturated heterocycles. The van der Waals surface area contributed by atoms with Crippen LogP contribution in [-0.2, 0) is 19.3 Å². The molecule has 0 atom stereocenters. The molecule has 156 valence electrons. The third-order valence-corrected chi connectivity index (χ3v) is 4.50. The molecule has 2 aromatic heterocycles. The predicted molar refractivity (Wildman–Crippen MR) is 102 cm³/mol. The van der Waals surface area contributed by atoms with E-state index in [1.165, 1.54) is 10.6 Å². The number of nitrogens with one attached hydrogen (secondary N) is 1. The van der Waals surface area contributed by atoms with Crippen LogP contribution in [0.15, 0.2) is 47.4 Å². The number of ether oxygens (including phenoxy) is 2. The average molecular weight is 418 g/mol. The van der Waals surface area contributed by atoms with Crippen molar-refractivity contribution in [2.75, 3.05) is 11.9 Å². The Labute approximate surface area is 169 Å². The van der Waals surface area contributed by atoms with Gasteiger partial charge in [-0.05, 0) is 36.2 Å². The molecule has 0 amide bonds. The zero-order valence-corrected chi connectivity index (χ0v) is 15.9. The highest BCUT2D eigenvalue weighted by Crippen LogP contribution is 2.32. The van der Waals surface area contributed by atoms with E-state index in [1.54, 1.807) is 31.2 Å². The van der Waals surface area contributed by atoms with Gasteiger partial charge in [0.1, 0.15) is 29.6 Å². The molecule has 0 spiro atoms. The number of benzene rings is 1. The highest BCUT2D eigenvalue weighted by atomic mass is 19.4. The lowest BCUT2D eigenvalue weighted by molar-refractivity contribution is -0.141. The maximum atomic E-state index is 12.8. The molecule has 10 heteroatoms. The van der Waals surface area contributed by atoms with Crippen molar-refractivity contribution >= 4 is 5.82 Å². The topological polar surface area (TPSA) is 78.3 Å². The summed E-state index contributed by atoms with van der Waals surface area (Å²) in [6, 6.07) is 9.04. The van der Waals surface area contributed by atoms with Gasteiger partial charge in [0.2, 0.25) is 5.88 Å². The average Bonchev–Trinajstić information content (AvgIpc) is 3.17. The van der Waals surface area contributed by atoms with E-state index >= 15 is 0 Å². The van der Waals surface area contributed by atoms with Crippen LogP contribution in [0, 0.1) is 6.92 Å². The van der Waals surface area contributed by atoms with Gasteiger partial charge in [0.15, 0.2) is 0 Å². The summed E-state index contributed by atoms with van der Waals surface area (Å²) in [5, 5.41) is 3.08. The van der Waals surface area contributed by atoms with Crippen molar-refractivity contribution in [2.45, 2.75) is 26.3 Å². The summed E-state index contributed by atoms with van der Waals surface area (Å²) < 4.78 is 51.1. The number of fused-ring (bicyclic) bond motifs is 1. The van der Waals surface area contributed by atoms with Crippen LogP contribution in [0.3, 0.4) is 0 Å². The number of hydrogen-bond donors (Lipinski definition) is 1. The van der Waals surface area contributed by atoms with Gasteiger partial charge in [-0.1, -0.05) is 6.07 Å². The molecule has 30 heavy (non-hydrogen) atoms. The zero-order valence-electron chi connectivity index (χ0n) is 15.9. The van der Waals surface area contributed by atoms with Crippen molar-refractivity contribution in [3.63, 3.8) is 0 Å². The third-order valence-electron chi connectivity index (χ3n) is 4.50. The highest BCUT2D eigenvalue weighted by molar-refractivity contribution is 5.42. The summed E-state index contributed by atoms with van der Waals surface area (Å²) in [5.41, 5.74) is 0.115. The molecule has 4 rings (SSSR count). The van der Waals surface area contributed by atoms with Gasteiger partial charge in [0, 0.05) is 31.4 Å². The van der Waals surface area contributed by atoms with E-state index in [-0.39, 0.29) is 23.9 Å². The Balaban J connectivity index is 1.45. The standard InChI is InChI=1S/C20H17F3N4O3/c1-12-8-13(11-29-18-10-17-25-6-7-27(17)19(28)26-18)2-3-15(12)30-14-4-5-24-16(9-14)20(21,22)23/h2-5,8-10,25H,6-7,11H2,1H3.